The summed E-state index contributed by atoms with van der Waals surface area (Å²) in [4.78, 5) is 31.1. The molecule has 0 unspecified atom stereocenters. The summed E-state index contributed by atoms with van der Waals surface area (Å²) in [5.41, 5.74) is 3.37. The third kappa shape index (κ3) is 6.27. The van der Waals surface area contributed by atoms with Gasteiger partial charge in [0.25, 0.3) is 5.91 Å². The van der Waals surface area contributed by atoms with E-state index in [-0.39, 0.29) is 17.2 Å². The molecule has 2 N–H and O–H groups in total. The van der Waals surface area contributed by atoms with E-state index in [1.807, 2.05) is 24.4 Å². The number of carbonyl (C=O) groups is 2. The van der Waals surface area contributed by atoms with Crippen molar-refractivity contribution in [1.29, 1.82) is 0 Å². The molecule has 0 spiro atoms. The third-order valence-corrected chi connectivity index (χ3v) is 10.4. The summed E-state index contributed by atoms with van der Waals surface area (Å²) in [5.74, 6) is -0.417. The molecule has 6 nitrogen and oxygen atoms in total. The summed E-state index contributed by atoms with van der Waals surface area (Å²) in [5, 5.41) is 19.8. The molecule has 212 valence electrons. The predicted octanol–water partition coefficient (Wildman–Crippen LogP) is 7.90. The van der Waals surface area contributed by atoms with Crippen LogP contribution in [0.2, 0.25) is 0 Å². The lowest BCUT2D eigenvalue weighted by atomic mass is 9.49. The van der Waals surface area contributed by atoms with E-state index in [9.17, 15) is 14.7 Å². The maximum atomic E-state index is 12.5. The van der Waals surface area contributed by atoms with E-state index in [0.717, 1.165) is 59.1 Å². The number of hydrogen-bond acceptors (Lipinski definition) is 5. The molecule has 3 atom stereocenters. The zero-order valence-electron chi connectivity index (χ0n) is 23.5. The lowest BCUT2D eigenvalue weighted by Gasteiger charge is -2.53. The maximum absolute atomic E-state index is 12.5. The van der Waals surface area contributed by atoms with Gasteiger partial charge < -0.3 is 15.3 Å². The Morgan fingerprint density at radius 3 is 2.67 bits per heavy atom. The van der Waals surface area contributed by atoms with Gasteiger partial charge in [0.1, 0.15) is 6.61 Å². The molecule has 0 saturated heterocycles. The summed E-state index contributed by atoms with van der Waals surface area (Å²) >= 11 is 5.25. The molecule has 0 bridgehead atoms. The number of oxime groups is 1. The lowest BCUT2D eigenvalue weighted by molar-refractivity contribution is -0.156. The monoisotopic (exact) mass is 616 g/mol. The molecule has 1 heterocycles. The number of hydrogen-bond donors (Lipinski definition) is 2. The number of unbranched alkanes of at least 4 members (excludes halogenated alkanes) is 3. The van der Waals surface area contributed by atoms with Crippen molar-refractivity contribution in [2.45, 2.75) is 90.4 Å². The number of carboxylic acid groups (broad SMARTS) is 1. The Kier molecular flexibility index (Phi) is 9.58. The number of nitrogens with zero attached hydrogens (tertiary/aromatic N) is 1. The van der Waals surface area contributed by atoms with Gasteiger partial charge in [0.2, 0.25) is 0 Å². The molecule has 1 aromatic carbocycles. The topological polar surface area (TPSA) is 88.0 Å². The Morgan fingerprint density at radius 1 is 1.21 bits per heavy atom. The van der Waals surface area contributed by atoms with E-state index in [1.54, 1.807) is 0 Å². The first-order valence-corrected chi connectivity index (χ1v) is 15.8. The molecule has 8 heteroatoms. The van der Waals surface area contributed by atoms with Crippen molar-refractivity contribution in [3.8, 4) is 0 Å². The standard InChI is InChI=1S/C31H41BrN2O4S/c1-20(2)21-17-22-23(18-24(21)32)30(3)12-10-13-31(4,29(36)37)27(30)19-25(22)34-38-15-8-6-5-7-14-33-28(35)26-11-9-16-39-26/h9,11,16-18,20,27H,5-8,10,12-15,19H2,1-4H3,(H,33,35)(H,36,37)/b34-25+/t27-,30-,31-/m1/s1. The van der Waals surface area contributed by atoms with Gasteiger partial charge in [0.15, 0.2) is 0 Å². The molecule has 0 radical (unpaired) electrons. The Bertz CT molecular complexity index is 1210. The Morgan fingerprint density at radius 2 is 1.97 bits per heavy atom. The Hall–Kier alpha value is -2.19. The van der Waals surface area contributed by atoms with Crippen LogP contribution in [0.25, 0.3) is 0 Å². The fraction of sp³-hybridized carbons (Fsp3) is 0.581. The number of benzene rings is 1. The van der Waals surface area contributed by atoms with Crippen molar-refractivity contribution in [2.75, 3.05) is 13.2 Å². The first kappa shape index (κ1) is 29.8. The van der Waals surface area contributed by atoms with Crippen molar-refractivity contribution in [1.82, 2.24) is 5.32 Å². The van der Waals surface area contributed by atoms with Gasteiger partial charge in [-0.15, -0.1) is 11.3 Å². The number of rotatable bonds is 11. The summed E-state index contributed by atoms with van der Waals surface area (Å²) < 4.78 is 1.08. The van der Waals surface area contributed by atoms with E-state index in [0.29, 0.717) is 31.9 Å². The summed E-state index contributed by atoms with van der Waals surface area (Å²) in [7, 11) is 0. The molecule has 1 saturated carbocycles. The fourth-order valence-corrected chi connectivity index (χ4v) is 7.94. The number of fused-ring (bicyclic) bond motifs is 3. The summed E-state index contributed by atoms with van der Waals surface area (Å²) in [6.07, 6.45) is 6.99. The number of amides is 1. The van der Waals surface area contributed by atoms with Gasteiger partial charge in [-0.3, -0.25) is 9.59 Å². The summed E-state index contributed by atoms with van der Waals surface area (Å²) in [6.45, 7) is 9.73. The smallest absolute Gasteiger partial charge is 0.309 e. The number of carboxylic acids is 1. The quantitative estimate of drug-likeness (QED) is 0.198. The van der Waals surface area contributed by atoms with Crippen LogP contribution in [-0.4, -0.2) is 35.8 Å². The van der Waals surface area contributed by atoms with Crippen molar-refractivity contribution in [3.63, 3.8) is 0 Å². The van der Waals surface area contributed by atoms with E-state index >= 15 is 0 Å². The van der Waals surface area contributed by atoms with Crippen LogP contribution in [0.15, 0.2) is 39.3 Å². The molecular weight excluding hydrogens is 576 g/mol. The first-order chi connectivity index (χ1) is 18.6. The Balaban J connectivity index is 1.41. The van der Waals surface area contributed by atoms with Gasteiger partial charge in [0, 0.05) is 16.6 Å². The summed E-state index contributed by atoms with van der Waals surface area (Å²) in [6, 6.07) is 8.18. The van der Waals surface area contributed by atoms with E-state index in [2.05, 4.69) is 59.3 Å². The molecule has 39 heavy (non-hydrogen) atoms. The highest BCUT2D eigenvalue weighted by atomic mass is 79.9. The van der Waals surface area contributed by atoms with Gasteiger partial charge in [0.05, 0.1) is 16.0 Å². The SMILES string of the molecule is CC(C)c1cc2c(cc1Br)[C@@]1(C)CCC[C@@](C)(C(=O)O)[C@@H]1C/C2=N\OCCCCCCNC(=O)c1cccs1. The van der Waals surface area contributed by atoms with Crippen LogP contribution in [0.5, 0.6) is 0 Å². The van der Waals surface area contributed by atoms with Crippen LogP contribution < -0.4 is 5.32 Å². The molecule has 2 aliphatic rings. The van der Waals surface area contributed by atoms with Crippen molar-refractivity contribution >= 4 is 44.9 Å². The number of thiophene rings is 1. The minimum atomic E-state index is -0.798. The van der Waals surface area contributed by atoms with Gasteiger partial charge in [-0.05, 0) is 97.4 Å². The second-order valence-corrected chi connectivity index (χ2v) is 13.6. The number of halogens is 1. The molecule has 1 fully saturated rings. The van der Waals surface area contributed by atoms with Gasteiger partial charge >= 0.3 is 5.97 Å². The van der Waals surface area contributed by atoms with Gasteiger partial charge in [-0.2, -0.15) is 0 Å². The second-order valence-electron chi connectivity index (χ2n) is 11.8. The second kappa shape index (κ2) is 12.5. The molecule has 1 amide bonds. The Labute approximate surface area is 244 Å². The molecular formula is C31H41BrN2O4S. The van der Waals surface area contributed by atoms with Crippen LogP contribution in [-0.2, 0) is 15.0 Å². The van der Waals surface area contributed by atoms with Crippen LogP contribution in [0, 0.1) is 11.3 Å². The molecule has 4 rings (SSSR count). The maximum Gasteiger partial charge on any atom is 0.309 e. The van der Waals surface area contributed by atoms with Gasteiger partial charge in [-0.25, -0.2) is 0 Å². The zero-order valence-corrected chi connectivity index (χ0v) is 25.9. The first-order valence-electron chi connectivity index (χ1n) is 14.2. The zero-order chi connectivity index (χ0) is 28.2. The minimum Gasteiger partial charge on any atom is -0.481 e. The van der Waals surface area contributed by atoms with Crippen LogP contribution >= 0.6 is 27.3 Å². The number of nitrogens with one attached hydrogen (secondary N) is 1. The number of carbonyl (C=O) groups excluding carboxylic acids is 1. The van der Waals surface area contributed by atoms with E-state index in [1.165, 1.54) is 22.5 Å². The average Bonchev–Trinajstić information content (AvgIpc) is 3.43. The van der Waals surface area contributed by atoms with Crippen molar-refractivity contribution < 1.29 is 19.5 Å². The fourth-order valence-electron chi connectivity index (χ4n) is 6.50. The predicted molar refractivity (Wildman–Crippen MR) is 161 cm³/mol. The number of aliphatic carboxylic acids is 1. The van der Waals surface area contributed by atoms with E-state index < -0.39 is 11.4 Å². The van der Waals surface area contributed by atoms with Crippen LogP contribution in [0.4, 0.5) is 0 Å². The lowest BCUT2D eigenvalue weighted by Crippen LogP contribution is -2.53. The molecule has 0 aliphatic heterocycles. The highest BCUT2D eigenvalue weighted by Gasteiger charge is 2.56. The normalized spacial score (nSPS) is 25.3. The average molecular weight is 618 g/mol. The highest BCUT2D eigenvalue weighted by molar-refractivity contribution is 9.10. The van der Waals surface area contributed by atoms with Gasteiger partial charge in [-0.1, -0.05) is 60.8 Å². The van der Waals surface area contributed by atoms with Crippen LogP contribution in [0.3, 0.4) is 0 Å². The molecule has 1 aromatic heterocycles. The van der Waals surface area contributed by atoms with Crippen molar-refractivity contribution in [3.05, 3.63) is 55.7 Å². The largest absolute Gasteiger partial charge is 0.481 e. The van der Waals surface area contributed by atoms with Crippen LogP contribution in [0.1, 0.15) is 111 Å². The highest BCUT2D eigenvalue weighted by Crippen LogP contribution is 2.58. The van der Waals surface area contributed by atoms with E-state index in [4.69, 9.17) is 4.84 Å². The third-order valence-electron chi connectivity index (χ3n) is 8.87. The molecule has 2 aromatic rings. The van der Waals surface area contributed by atoms with Crippen molar-refractivity contribution in [2.24, 2.45) is 16.5 Å². The minimum absolute atomic E-state index is 0.00219. The molecule has 2 aliphatic carbocycles.